The van der Waals surface area contributed by atoms with E-state index in [1.54, 1.807) is 19.2 Å². The second-order valence-electron chi connectivity index (χ2n) is 7.26. The van der Waals surface area contributed by atoms with Crippen molar-refractivity contribution in [2.45, 2.75) is 20.3 Å². The minimum atomic E-state index is -0.323. The molecule has 8 heteroatoms. The SMILES string of the molecule is COc1ccc2oc(C(=O)Nc3nc(C)c(Cc4ccc5c(c4)OCO5)s3)c(C)c2c1. The topological polar surface area (TPSA) is 82.8 Å². The molecule has 0 saturated heterocycles. The van der Waals surface area contributed by atoms with Crippen molar-refractivity contribution in [3.05, 3.63) is 63.9 Å². The number of anilines is 1. The molecule has 2 aromatic heterocycles. The van der Waals surface area contributed by atoms with Gasteiger partial charge in [0.05, 0.1) is 12.8 Å². The number of furan rings is 1. The normalized spacial score (nSPS) is 12.4. The Balaban J connectivity index is 1.35. The predicted molar refractivity (Wildman–Crippen MR) is 118 cm³/mol. The number of nitrogens with one attached hydrogen (secondary N) is 1. The van der Waals surface area contributed by atoms with E-state index in [-0.39, 0.29) is 18.5 Å². The third-order valence-corrected chi connectivity index (χ3v) is 6.34. The Morgan fingerprint density at radius 3 is 2.84 bits per heavy atom. The van der Waals surface area contributed by atoms with Crippen molar-refractivity contribution >= 4 is 33.3 Å². The van der Waals surface area contributed by atoms with Crippen LogP contribution < -0.4 is 19.5 Å². The van der Waals surface area contributed by atoms with Crippen LogP contribution in [0.3, 0.4) is 0 Å². The van der Waals surface area contributed by atoms with E-state index in [0.29, 0.717) is 22.9 Å². The molecular weight excluding hydrogens is 416 g/mol. The van der Waals surface area contributed by atoms with E-state index in [1.165, 1.54) is 11.3 Å². The van der Waals surface area contributed by atoms with Crippen LogP contribution in [0, 0.1) is 13.8 Å². The molecule has 7 nitrogen and oxygen atoms in total. The molecule has 0 fully saturated rings. The van der Waals surface area contributed by atoms with Crippen LogP contribution in [0.15, 0.2) is 40.8 Å². The molecule has 0 spiro atoms. The van der Waals surface area contributed by atoms with Crippen LogP contribution in [0.25, 0.3) is 11.0 Å². The number of ether oxygens (including phenoxy) is 3. The summed E-state index contributed by atoms with van der Waals surface area (Å²) in [6, 6.07) is 11.4. The average Bonchev–Trinajstić information content (AvgIpc) is 3.45. The summed E-state index contributed by atoms with van der Waals surface area (Å²) in [5, 5.41) is 4.26. The number of aryl methyl sites for hydroxylation is 2. The summed E-state index contributed by atoms with van der Waals surface area (Å²) < 4.78 is 21.9. The molecule has 1 N–H and O–H groups in total. The molecule has 0 aliphatic carbocycles. The number of carbonyl (C=O) groups excluding carboxylic acids is 1. The van der Waals surface area contributed by atoms with Gasteiger partial charge in [0.1, 0.15) is 11.3 Å². The summed E-state index contributed by atoms with van der Waals surface area (Å²) in [6.45, 7) is 4.05. The monoisotopic (exact) mass is 436 g/mol. The molecule has 1 aliphatic heterocycles. The Kier molecular flexibility index (Phi) is 4.78. The van der Waals surface area contributed by atoms with Crippen LogP contribution in [0.4, 0.5) is 5.13 Å². The number of benzene rings is 2. The number of hydrogen-bond donors (Lipinski definition) is 1. The zero-order valence-corrected chi connectivity index (χ0v) is 18.1. The molecule has 158 valence electrons. The van der Waals surface area contributed by atoms with Gasteiger partial charge < -0.3 is 18.6 Å². The second kappa shape index (κ2) is 7.63. The van der Waals surface area contributed by atoms with Crippen LogP contribution in [0.2, 0.25) is 0 Å². The van der Waals surface area contributed by atoms with Gasteiger partial charge in [-0.15, -0.1) is 11.3 Å². The molecule has 0 bridgehead atoms. The maximum Gasteiger partial charge on any atom is 0.293 e. The molecule has 1 amide bonds. The summed E-state index contributed by atoms with van der Waals surface area (Å²) in [7, 11) is 1.61. The molecule has 5 rings (SSSR count). The lowest BCUT2D eigenvalue weighted by Gasteiger charge is -2.02. The van der Waals surface area contributed by atoms with Gasteiger partial charge >= 0.3 is 0 Å². The minimum Gasteiger partial charge on any atom is -0.497 e. The maximum atomic E-state index is 12.9. The second-order valence-corrected chi connectivity index (χ2v) is 8.35. The molecule has 0 atom stereocenters. The van der Waals surface area contributed by atoms with E-state index in [4.69, 9.17) is 18.6 Å². The lowest BCUT2D eigenvalue weighted by atomic mass is 10.1. The summed E-state index contributed by atoms with van der Waals surface area (Å²) in [5.74, 6) is 2.18. The molecule has 4 aromatic rings. The highest BCUT2D eigenvalue weighted by Gasteiger charge is 2.20. The number of thiazole rings is 1. The highest BCUT2D eigenvalue weighted by molar-refractivity contribution is 7.15. The highest BCUT2D eigenvalue weighted by atomic mass is 32.1. The zero-order valence-electron chi connectivity index (χ0n) is 17.3. The smallest absolute Gasteiger partial charge is 0.293 e. The van der Waals surface area contributed by atoms with Gasteiger partial charge in [-0.3, -0.25) is 10.1 Å². The van der Waals surface area contributed by atoms with E-state index >= 15 is 0 Å². The Morgan fingerprint density at radius 1 is 1.16 bits per heavy atom. The van der Waals surface area contributed by atoms with Crippen LogP contribution in [-0.4, -0.2) is 24.8 Å². The molecular formula is C23H20N2O5S. The summed E-state index contributed by atoms with van der Waals surface area (Å²) in [5.41, 5.74) is 3.38. The summed E-state index contributed by atoms with van der Waals surface area (Å²) in [6.07, 6.45) is 0.694. The van der Waals surface area contributed by atoms with Crippen molar-refractivity contribution in [2.75, 3.05) is 19.2 Å². The largest absolute Gasteiger partial charge is 0.497 e. The first-order chi connectivity index (χ1) is 15.0. The van der Waals surface area contributed by atoms with Crippen LogP contribution in [0.5, 0.6) is 17.2 Å². The first-order valence-corrected chi connectivity index (χ1v) is 10.6. The van der Waals surface area contributed by atoms with E-state index in [9.17, 15) is 4.79 Å². The van der Waals surface area contributed by atoms with Gasteiger partial charge in [0.2, 0.25) is 6.79 Å². The number of fused-ring (bicyclic) bond motifs is 2. The number of methoxy groups -OCH3 is 1. The fraction of sp³-hybridized carbons (Fsp3) is 0.217. The van der Waals surface area contributed by atoms with Crippen LogP contribution in [0.1, 0.15) is 32.3 Å². The van der Waals surface area contributed by atoms with Crippen molar-refractivity contribution in [3.8, 4) is 17.2 Å². The fourth-order valence-corrected chi connectivity index (χ4v) is 4.57. The van der Waals surface area contributed by atoms with E-state index < -0.39 is 0 Å². The van der Waals surface area contributed by atoms with Gasteiger partial charge in [-0.1, -0.05) is 6.07 Å². The van der Waals surface area contributed by atoms with Gasteiger partial charge in [0.15, 0.2) is 22.4 Å². The quantitative estimate of drug-likeness (QED) is 0.469. The molecule has 2 aromatic carbocycles. The van der Waals surface area contributed by atoms with Gasteiger partial charge in [-0.05, 0) is 49.7 Å². The predicted octanol–water partition coefficient (Wildman–Crippen LogP) is 5.09. The third-order valence-electron chi connectivity index (χ3n) is 5.26. The lowest BCUT2D eigenvalue weighted by molar-refractivity contribution is 0.0998. The highest BCUT2D eigenvalue weighted by Crippen LogP contribution is 2.35. The van der Waals surface area contributed by atoms with Crippen molar-refractivity contribution in [1.29, 1.82) is 0 Å². The number of amides is 1. The first kappa shape index (κ1) is 19.4. The molecule has 31 heavy (non-hydrogen) atoms. The van der Waals surface area contributed by atoms with Crippen LogP contribution >= 0.6 is 11.3 Å². The lowest BCUT2D eigenvalue weighted by Crippen LogP contribution is -2.11. The molecule has 0 unspecified atom stereocenters. The molecule has 1 aliphatic rings. The van der Waals surface area contributed by atoms with Crippen LogP contribution in [-0.2, 0) is 6.42 Å². The Bertz CT molecular complexity index is 1310. The maximum absolute atomic E-state index is 12.9. The molecule has 0 radical (unpaired) electrons. The number of hydrogen-bond acceptors (Lipinski definition) is 7. The fourth-order valence-electron chi connectivity index (χ4n) is 3.58. The number of rotatable bonds is 5. The Morgan fingerprint density at radius 2 is 2.00 bits per heavy atom. The Hall–Kier alpha value is -3.52. The van der Waals surface area contributed by atoms with Crippen molar-refractivity contribution < 1.29 is 23.4 Å². The third kappa shape index (κ3) is 3.59. The van der Waals surface area contributed by atoms with Gasteiger partial charge in [0, 0.05) is 22.2 Å². The van der Waals surface area contributed by atoms with Gasteiger partial charge in [0.25, 0.3) is 5.91 Å². The zero-order chi connectivity index (χ0) is 21.5. The minimum absolute atomic E-state index is 0.253. The Labute approximate surface area is 182 Å². The van der Waals surface area contributed by atoms with Crippen molar-refractivity contribution in [2.24, 2.45) is 0 Å². The van der Waals surface area contributed by atoms with Crippen molar-refractivity contribution in [1.82, 2.24) is 4.98 Å². The van der Waals surface area contributed by atoms with Crippen molar-refractivity contribution in [3.63, 3.8) is 0 Å². The van der Waals surface area contributed by atoms with E-state index in [1.807, 2.05) is 38.1 Å². The number of nitrogens with zero attached hydrogens (tertiary/aromatic N) is 1. The first-order valence-electron chi connectivity index (χ1n) is 9.75. The number of carbonyl (C=O) groups is 1. The summed E-state index contributed by atoms with van der Waals surface area (Å²) in [4.78, 5) is 18.5. The average molecular weight is 436 g/mol. The van der Waals surface area contributed by atoms with Gasteiger partial charge in [-0.2, -0.15) is 0 Å². The molecule has 0 saturated carbocycles. The standard InChI is InChI=1S/C23H20N2O5S/c1-12-16-10-15(27-3)5-7-17(16)30-21(12)22(26)25-23-24-13(2)20(31-23)9-14-4-6-18-19(8-14)29-11-28-18/h4-8,10H,9,11H2,1-3H3,(H,24,25,26). The van der Waals surface area contributed by atoms with E-state index in [0.717, 1.165) is 38.6 Å². The number of aromatic nitrogens is 1. The summed E-state index contributed by atoms with van der Waals surface area (Å²) >= 11 is 1.45. The molecule has 3 heterocycles. The van der Waals surface area contributed by atoms with E-state index in [2.05, 4.69) is 10.3 Å². The van der Waals surface area contributed by atoms with Gasteiger partial charge in [-0.25, -0.2) is 4.98 Å².